The summed E-state index contributed by atoms with van der Waals surface area (Å²) in [7, 11) is -9.00. The number of aliphatic hydroxyl groups is 3. The van der Waals surface area contributed by atoms with Gasteiger partial charge in [-0.1, -0.05) is 41.5 Å². The molecule has 3 N–H and O–H groups in total. The second-order valence-electron chi connectivity index (χ2n) is 10.4. The van der Waals surface area contributed by atoms with Gasteiger partial charge in [0.15, 0.2) is 16.4 Å². The molecule has 0 radical (unpaired) electrons. The molecule has 0 aromatic heterocycles. The van der Waals surface area contributed by atoms with Crippen molar-refractivity contribution in [3.05, 3.63) is 0 Å². The van der Waals surface area contributed by atoms with E-state index in [0.29, 0.717) is 76.2 Å². The Balaban J connectivity index is 3.62. The van der Waals surface area contributed by atoms with Crippen molar-refractivity contribution in [1.29, 1.82) is 0 Å². The van der Waals surface area contributed by atoms with E-state index in [4.69, 9.17) is 0 Å². The van der Waals surface area contributed by atoms with Crippen LogP contribution in [0.4, 0.5) is 0 Å². The highest BCUT2D eigenvalue weighted by atomic mass is 31.2. The molecule has 1 heterocycles. The fourth-order valence-corrected chi connectivity index (χ4v) is 12.7. The van der Waals surface area contributed by atoms with Crippen molar-refractivity contribution in [3.63, 3.8) is 0 Å². The molecule has 36 heavy (non-hydrogen) atoms. The molecule has 1 aliphatic heterocycles. The van der Waals surface area contributed by atoms with Crippen LogP contribution in [0.15, 0.2) is 0 Å². The fraction of sp³-hybridized carbons (Fsp3) is 1.00. The summed E-state index contributed by atoms with van der Waals surface area (Å²) in [6.45, 7) is 17.5. The summed E-state index contributed by atoms with van der Waals surface area (Å²) in [5, 5.41) is 34.9. The molecule has 0 aromatic rings. The number of hydrogen-bond acceptors (Lipinski definition) is 9. The Morgan fingerprint density at radius 3 is 0.722 bits per heavy atom. The van der Waals surface area contributed by atoms with Crippen LogP contribution in [0, 0.1) is 0 Å². The third-order valence-electron chi connectivity index (χ3n) is 9.10. The van der Waals surface area contributed by atoms with Crippen molar-refractivity contribution < 1.29 is 29.0 Å². The summed E-state index contributed by atoms with van der Waals surface area (Å²) in [4.78, 5) is 5.30. The van der Waals surface area contributed by atoms with Crippen LogP contribution in [0.25, 0.3) is 0 Å². The standard InChI is InChI=1S/C24H54N3O6P3/c1-10-34(31,11-2)22(7,28)25-16-18-26(23(8,29)35(32,12-3)13-4)20-21-27(19-17-25)24(9,30)36(33,14-5)15-6/h28-30H,10-21H2,1-9H3. The van der Waals surface area contributed by atoms with Crippen LogP contribution in [0.2, 0.25) is 0 Å². The van der Waals surface area contributed by atoms with Crippen LogP contribution < -0.4 is 0 Å². The van der Waals surface area contributed by atoms with E-state index in [1.165, 1.54) is 0 Å². The molecule has 0 aliphatic carbocycles. The molecule has 12 heteroatoms. The van der Waals surface area contributed by atoms with Gasteiger partial charge in [-0.25, -0.2) is 0 Å². The predicted molar refractivity (Wildman–Crippen MR) is 153 cm³/mol. The maximum atomic E-state index is 13.7. The molecule has 3 atom stereocenters. The zero-order valence-electron chi connectivity index (χ0n) is 24.2. The normalized spacial score (nSPS) is 23.7. The van der Waals surface area contributed by atoms with Gasteiger partial charge in [-0.3, -0.25) is 14.7 Å². The van der Waals surface area contributed by atoms with Crippen molar-refractivity contribution in [3.8, 4) is 0 Å². The Morgan fingerprint density at radius 2 is 0.611 bits per heavy atom. The molecule has 9 nitrogen and oxygen atoms in total. The molecular weight excluding hydrogens is 519 g/mol. The Morgan fingerprint density at radius 1 is 0.472 bits per heavy atom. The van der Waals surface area contributed by atoms with E-state index in [0.717, 1.165) is 0 Å². The molecule has 1 aliphatic rings. The maximum Gasteiger partial charge on any atom is 0.169 e. The minimum atomic E-state index is -3.00. The second-order valence-corrected chi connectivity index (χ2v) is 22.1. The average Bonchev–Trinajstić information content (AvgIpc) is 2.97. The van der Waals surface area contributed by atoms with Crippen molar-refractivity contribution in [2.75, 3.05) is 76.2 Å². The summed E-state index contributed by atoms with van der Waals surface area (Å²) in [6, 6.07) is 0. The highest BCUT2D eigenvalue weighted by Gasteiger charge is 2.50. The van der Waals surface area contributed by atoms with E-state index in [1.54, 1.807) is 35.5 Å². The van der Waals surface area contributed by atoms with Gasteiger partial charge >= 0.3 is 0 Å². The summed E-state index contributed by atoms with van der Waals surface area (Å²) >= 11 is 0. The quantitative estimate of drug-likeness (QED) is 0.296. The van der Waals surface area contributed by atoms with E-state index >= 15 is 0 Å². The second kappa shape index (κ2) is 12.7. The van der Waals surface area contributed by atoms with E-state index < -0.39 is 37.8 Å². The average molecular weight is 574 g/mol. The lowest BCUT2D eigenvalue weighted by atomic mass is 10.3. The minimum absolute atomic E-state index is 0.301. The van der Waals surface area contributed by atoms with Crippen LogP contribution >= 0.6 is 21.4 Å². The molecule has 0 aromatic carbocycles. The zero-order valence-corrected chi connectivity index (χ0v) is 26.9. The third kappa shape index (κ3) is 6.26. The Bertz CT molecular complexity index is 719. The van der Waals surface area contributed by atoms with Crippen molar-refractivity contribution in [1.82, 2.24) is 14.7 Å². The molecule has 1 saturated heterocycles. The monoisotopic (exact) mass is 573 g/mol. The molecule has 216 valence electrons. The van der Waals surface area contributed by atoms with Crippen LogP contribution in [0.1, 0.15) is 62.3 Å². The summed E-state index contributed by atoms with van der Waals surface area (Å²) in [6.07, 6.45) is 2.07. The van der Waals surface area contributed by atoms with Crippen LogP contribution in [0.3, 0.4) is 0 Å². The third-order valence-corrected chi connectivity index (χ3v) is 20.7. The van der Waals surface area contributed by atoms with Crippen molar-refractivity contribution in [2.45, 2.75) is 78.7 Å². The molecule has 0 saturated carbocycles. The van der Waals surface area contributed by atoms with E-state index in [1.807, 2.05) is 41.5 Å². The lowest BCUT2D eigenvalue weighted by molar-refractivity contribution is -0.0534. The number of rotatable bonds is 12. The molecular formula is C24H54N3O6P3. The van der Waals surface area contributed by atoms with Crippen molar-refractivity contribution >= 4 is 21.4 Å². The molecule has 1 fully saturated rings. The first-order chi connectivity index (χ1) is 16.4. The minimum Gasteiger partial charge on any atom is -0.369 e. The fourth-order valence-electron chi connectivity index (χ4n) is 5.57. The van der Waals surface area contributed by atoms with Gasteiger partial charge < -0.3 is 29.0 Å². The molecule has 0 bridgehead atoms. The lowest BCUT2D eigenvalue weighted by Crippen LogP contribution is -2.54. The zero-order chi connectivity index (χ0) is 28.2. The highest BCUT2D eigenvalue weighted by molar-refractivity contribution is 7.65. The van der Waals surface area contributed by atoms with Gasteiger partial charge in [-0.05, 0) is 20.8 Å². The maximum absolute atomic E-state index is 13.7. The van der Waals surface area contributed by atoms with Gasteiger partial charge in [0.25, 0.3) is 0 Å². The van der Waals surface area contributed by atoms with Gasteiger partial charge in [0.05, 0.1) is 0 Å². The predicted octanol–water partition coefficient (Wildman–Crippen LogP) is 4.11. The van der Waals surface area contributed by atoms with Crippen LogP contribution in [-0.4, -0.2) is 123 Å². The van der Waals surface area contributed by atoms with Crippen LogP contribution in [0.5, 0.6) is 0 Å². The smallest absolute Gasteiger partial charge is 0.169 e. The summed E-state index contributed by atoms with van der Waals surface area (Å²) in [5.41, 5.74) is -4.77. The van der Waals surface area contributed by atoms with E-state index in [-0.39, 0.29) is 0 Å². The number of hydrogen-bond donors (Lipinski definition) is 3. The first-order valence-corrected chi connectivity index (χ1v) is 19.8. The molecule has 1 rings (SSSR count). The number of nitrogens with zero attached hydrogens (tertiary/aromatic N) is 3. The Hall–Kier alpha value is 0.450. The largest absolute Gasteiger partial charge is 0.369 e. The lowest BCUT2D eigenvalue weighted by Gasteiger charge is -2.45. The van der Waals surface area contributed by atoms with Gasteiger partial charge in [0.1, 0.15) is 21.4 Å². The molecule has 0 amide bonds. The van der Waals surface area contributed by atoms with Crippen molar-refractivity contribution in [2.24, 2.45) is 0 Å². The first-order valence-electron chi connectivity index (χ1n) is 13.6. The molecule has 3 unspecified atom stereocenters. The Kier molecular flexibility index (Phi) is 12.2. The topological polar surface area (TPSA) is 122 Å². The summed E-state index contributed by atoms with van der Waals surface area (Å²) < 4.78 is 41.1. The molecule has 0 spiro atoms. The summed E-state index contributed by atoms with van der Waals surface area (Å²) in [5.74, 6) is 0. The Labute approximate surface area is 220 Å². The van der Waals surface area contributed by atoms with Crippen LogP contribution in [-0.2, 0) is 13.7 Å². The highest BCUT2D eigenvalue weighted by Crippen LogP contribution is 2.60. The van der Waals surface area contributed by atoms with Gasteiger partial charge in [0, 0.05) is 76.2 Å². The first kappa shape index (κ1) is 34.5. The SMILES string of the molecule is CCP(=O)(CC)C(C)(O)N1CCN(C(C)(O)P(=O)(CC)CC)CCN(C(C)(O)P(=O)(CC)CC)CC1. The van der Waals surface area contributed by atoms with E-state index in [2.05, 4.69) is 0 Å². The van der Waals surface area contributed by atoms with Gasteiger partial charge in [0.2, 0.25) is 0 Å². The van der Waals surface area contributed by atoms with E-state index in [9.17, 15) is 29.0 Å². The van der Waals surface area contributed by atoms with Gasteiger partial charge in [-0.2, -0.15) is 0 Å². The van der Waals surface area contributed by atoms with Gasteiger partial charge in [-0.15, -0.1) is 0 Å².